The molecule has 0 spiro atoms. The van der Waals surface area contributed by atoms with Gasteiger partial charge >= 0.3 is 82.9 Å². The Hall–Kier alpha value is 0.978. The fourth-order valence-corrected chi connectivity index (χ4v) is 0. The SMILES string of the molecule is CC(=O)[O-].CC(=O)[O-].CC(=O)[O-].[O-2].[O-2].[O-2].[Sb+3].[Zn+2].[Zn+2].[Zn+2]. The van der Waals surface area contributed by atoms with E-state index < -0.39 is 17.9 Å². The van der Waals surface area contributed by atoms with Gasteiger partial charge in [-0.15, -0.1) is 0 Å². The van der Waals surface area contributed by atoms with Crippen molar-refractivity contribution >= 4 is 42.3 Å². The first kappa shape index (κ1) is 72.3. The number of rotatable bonds is 0. The third-order valence-corrected chi connectivity index (χ3v) is 0. The van der Waals surface area contributed by atoms with Crippen LogP contribution in [0.5, 0.6) is 0 Å². The van der Waals surface area contributed by atoms with E-state index in [2.05, 4.69) is 0 Å². The molecule has 0 fully saturated rings. The molecule has 0 aliphatic carbocycles. The normalized spacial score (nSPS) is 3.95. The molecule has 0 saturated heterocycles. The van der Waals surface area contributed by atoms with Crippen LogP contribution in [0.15, 0.2) is 0 Å². The van der Waals surface area contributed by atoms with Gasteiger partial charge in [0.05, 0.1) is 0 Å². The molecule has 0 aromatic rings. The van der Waals surface area contributed by atoms with Gasteiger partial charge in [-0.05, 0) is 20.8 Å². The molecule has 0 rings (SSSR count). The van der Waals surface area contributed by atoms with Crippen molar-refractivity contribution in [1.82, 2.24) is 0 Å². The standard InChI is InChI=1S/3C2H4O2.3O.Sb.3Zn/c3*1-2(3)4;;;;;;;/h3*1H3,(H,3,4);;;;;;;/q;;;3*-2;+3;3*+2/p-3. The minimum Gasteiger partial charge on any atom is -2.00 e. The summed E-state index contributed by atoms with van der Waals surface area (Å²) in [4.78, 5) is 26.7. The molecule has 2 radical (unpaired) electrons. The third kappa shape index (κ3) is 5720. The minimum absolute atomic E-state index is 0. The zero-order valence-corrected chi connectivity index (χ0v) is 22.2. The summed E-state index contributed by atoms with van der Waals surface area (Å²) >= 11 is 0. The van der Waals surface area contributed by atoms with Crippen LogP contribution >= 0.6 is 0 Å². The zero-order valence-electron chi connectivity index (χ0n) is 10.7. The third-order valence-electron chi connectivity index (χ3n) is 0. The van der Waals surface area contributed by atoms with Crippen LogP contribution in [0, 0.1) is 0 Å². The molecule has 0 amide bonds. The number of aliphatic carboxylic acids is 3. The molecule has 0 saturated carbocycles. The van der Waals surface area contributed by atoms with Crippen LogP contribution in [0.4, 0.5) is 0 Å². The molecule has 0 N–H and O–H groups in total. The van der Waals surface area contributed by atoms with Gasteiger partial charge in [0.2, 0.25) is 0 Å². The summed E-state index contributed by atoms with van der Waals surface area (Å²) in [5.74, 6) is -3.25. The molecule has 0 heterocycles. The van der Waals surface area contributed by atoms with Gasteiger partial charge in [0, 0.05) is 17.9 Å². The van der Waals surface area contributed by atoms with Gasteiger partial charge in [0.15, 0.2) is 0 Å². The number of carbonyl (C=O) groups is 3. The minimum atomic E-state index is -1.08. The van der Waals surface area contributed by atoms with E-state index in [0.29, 0.717) is 0 Å². The predicted octanol–water partition coefficient (Wildman–Crippen LogP) is -4.48. The number of carboxylic acid groups (broad SMARTS) is 3. The summed E-state index contributed by atoms with van der Waals surface area (Å²) < 4.78 is 0. The maximum absolute atomic E-state index is 8.89. The van der Waals surface area contributed by atoms with Crippen LogP contribution in [0.25, 0.3) is 0 Å². The fourth-order valence-electron chi connectivity index (χ4n) is 0. The van der Waals surface area contributed by atoms with Crippen molar-refractivity contribution in [3.8, 4) is 0 Å². The Bertz CT molecular complexity index is 130. The first-order valence-electron chi connectivity index (χ1n) is 2.72. The van der Waals surface area contributed by atoms with Crippen LogP contribution in [0.2, 0.25) is 0 Å². The van der Waals surface area contributed by atoms with E-state index in [-0.39, 0.29) is 99.3 Å². The number of hydrogen-bond acceptors (Lipinski definition) is 6. The summed E-state index contributed by atoms with van der Waals surface area (Å²) in [7, 11) is 0. The molecule has 0 aliphatic heterocycles. The van der Waals surface area contributed by atoms with Gasteiger partial charge in [-0.25, -0.2) is 0 Å². The molecule has 0 atom stereocenters. The van der Waals surface area contributed by atoms with Gasteiger partial charge in [-0.3, -0.25) is 0 Å². The summed E-state index contributed by atoms with van der Waals surface area (Å²) in [5.41, 5.74) is 0. The smallest absolute Gasteiger partial charge is 2.00 e. The first-order valence-corrected chi connectivity index (χ1v) is 2.72. The van der Waals surface area contributed by atoms with Gasteiger partial charge in [0.25, 0.3) is 0 Å². The predicted molar refractivity (Wildman–Crippen MR) is 39.9 cm³/mol. The van der Waals surface area contributed by atoms with E-state index in [1.807, 2.05) is 0 Å². The average molecular weight is 543 g/mol. The van der Waals surface area contributed by atoms with Gasteiger partial charge < -0.3 is 46.1 Å². The van der Waals surface area contributed by atoms with E-state index in [4.69, 9.17) is 29.7 Å². The molecule has 0 bridgehead atoms. The van der Waals surface area contributed by atoms with E-state index >= 15 is 0 Å². The number of carboxylic acids is 3. The van der Waals surface area contributed by atoms with Gasteiger partial charge in [0.1, 0.15) is 0 Å². The van der Waals surface area contributed by atoms with Crippen molar-refractivity contribution in [2.75, 3.05) is 0 Å². The molecule has 98 valence electrons. The molecular formula is C6H9O9SbZn3. The van der Waals surface area contributed by atoms with Crippen molar-refractivity contribution in [1.29, 1.82) is 0 Å². The molecule has 0 aromatic carbocycles. The maximum Gasteiger partial charge on any atom is 3.00 e. The molecule has 0 unspecified atom stereocenters. The first-order chi connectivity index (χ1) is 5.20. The van der Waals surface area contributed by atoms with E-state index in [1.165, 1.54) is 0 Å². The monoisotopic (exact) mass is 538 g/mol. The van der Waals surface area contributed by atoms with Crippen LogP contribution in [0.1, 0.15) is 20.8 Å². The number of carbonyl (C=O) groups excluding carboxylic acids is 3. The molecule has 19 heavy (non-hydrogen) atoms. The van der Waals surface area contributed by atoms with E-state index in [0.717, 1.165) is 20.8 Å². The van der Waals surface area contributed by atoms with Crippen LogP contribution in [-0.2, 0) is 89.2 Å². The molecule has 9 nitrogen and oxygen atoms in total. The largest absolute Gasteiger partial charge is 3.00 e. The Labute approximate surface area is 166 Å². The van der Waals surface area contributed by atoms with Gasteiger partial charge in [-0.1, -0.05) is 0 Å². The summed E-state index contributed by atoms with van der Waals surface area (Å²) in [6.45, 7) is 2.92. The molecule has 0 aromatic heterocycles. The van der Waals surface area contributed by atoms with Crippen LogP contribution in [0.3, 0.4) is 0 Å². The van der Waals surface area contributed by atoms with Crippen molar-refractivity contribution < 1.29 is 105 Å². The topological polar surface area (TPSA) is 206 Å². The van der Waals surface area contributed by atoms with Crippen molar-refractivity contribution in [3.05, 3.63) is 0 Å². The molecule has 0 aliphatic rings. The molecule has 13 heteroatoms. The summed E-state index contributed by atoms with van der Waals surface area (Å²) in [6.07, 6.45) is 0. The van der Waals surface area contributed by atoms with E-state index in [1.54, 1.807) is 0 Å². The van der Waals surface area contributed by atoms with Gasteiger partial charge in [-0.2, -0.15) is 0 Å². The Kier molecular flexibility index (Phi) is 234. The maximum atomic E-state index is 8.89. The Morgan fingerprint density at radius 2 is 0.579 bits per heavy atom. The van der Waals surface area contributed by atoms with Crippen LogP contribution < -0.4 is 15.3 Å². The van der Waals surface area contributed by atoms with Crippen molar-refractivity contribution in [2.45, 2.75) is 20.8 Å². The van der Waals surface area contributed by atoms with Crippen LogP contribution in [-0.4, -0.2) is 42.3 Å². The Morgan fingerprint density at radius 3 is 0.579 bits per heavy atom. The Morgan fingerprint density at radius 1 is 0.579 bits per heavy atom. The van der Waals surface area contributed by atoms with Crippen molar-refractivity contribution in [2.24, 2.45) is 0 Å². The second-order valence-electron chi connectivity index (χ2n) is 1.47. The van der Waals surface area contributed by atoms with E-state index in [9.17, 15) is 0 Å². The second-order valence-corrected chi connectivity index (χ2v) is 1.47. The Balaban J connectivity index is -0.00000000675. The molecular weight excluding hydrogens is 534 g/mol. The second kappa shape index (κ2) is 61.6. The summed E-state index contributed by atoms with van der Waals surface area (Å²) in [5, 5.41) is 26.7. The zero-order chi connectivity index (χ0) is 10.7. The quantitative estimate of drug-likeness (QED) is 0.275. The fraction of sp³-hybridized carbons (Fsp3) is 0.500. The number of hydrogen-bond donors (Lipinski definition) is 0. The summed E-state index contributed by atoms with van der Waals surface area (Å²) in [6, 6.07) is 0. The van der Waals surface area contributed by atoms with Crippen molar-refractivity contribution in [3.63, 3.8) is 0 Å². The average Bonchev–Trinajstić information content (AvgIpc) is 1.54.